The molecule has 0 atom stereocenters. The van der Waals surface area contributed by atoms with Gasteiger partial charge in [0, 0.05) is 21.9 Å². The summed E-state index contributed by atoms with van der Waals surface area (Å²) < 4.78 is 13.2. The maximum atomic E-state index is 6.78. The molecule has 230 valence electrons. The number of furan rings is 1. The zero-order valence-electron chi connectivity index (χ0n) is 26.6. The summed E-state index contributed by atoms with van der Waals surface area (Å²) in [4.78, 5) is 0. The second kappa shape index (κ2) is 10.8. The fourth-order valence-electron chi connectivity index (χ4n) is 8.08. The summed E-state index contributed by atoms with van der Waals surface area (Å²) in [7, 11) is 0. The first kappa shape index (κ1) is 27.7. The summed E-state index contributed by atoms with van der Waals surface area (Å²) in [5.41, 5.74) is 10.5. The smallest absolute Gasteiger partial charge is 0.136 e. The number of fused-ring (bicyclic) bond motifs is 7. The molecule has 0 aliphatic carbocycles. The van der Waals surface area contributed by atoms with Crippen LogP contribution in [-0.2, 0) is 5.41 Å². The molecule has 1 aromatic heterocycles. The van der Waals surface area contributed by atoms with Crippen molar-refractivity contribution in [1.29, 1.82) is 0 Å². The molecule has 0 saturated heterocycles. The van der Waals surface area contributed by atoms with Crippen LogP contribution in [0.2, 0.25) is 0 Å². The zero-order chi connectivity index (χ0) is 32.4. The van der Waals surface area contributed by atoms with E-state index in [-0.39, 0.29) is 0 Å². The van der Waals surface area contributed by atoms with E-state index in [1.165, 1.54) is 21.9 Å². The van der Waals surface area contributed by atoms with Gasteiger partial charge in [-0.25, -0.2) is 0 Å². The molecule has 10 rings (SSSR count). The third kappa shape index (κ3) is 4.14. The molecule has 0 radical (unpaired) electrons. The van der Waals surface area contributed by atoms with Crippen LogP contribution in [0.15, 0.2) is 186 Å². The Bertz CT molecular complexity index is 2650. The van der Waals surface area contributed by atoms with Gasteiger partial charge in [0.15, 0.2) is 0 Å². The molecular formula is C47H30O2. The molecule has 2 heteroatoms. The summed E-state index contributed by atoms with van der Waals surface area (Å²) in [5.74, 6) is 1.74. The van der Waals surface area contributed by atoms with E-state index in [1.807, 2.05) is 0 Å². The molecular weight excluding hydrogens is 597 g/mol. The molecule has 0 fully saturated rings. The number of benzene rings is 8. The second-order valence-corrected chi connectivity index (χ2v) is 12.8. The first-order chi connectivity index (χ1) is 24.3. The summed E-state index contributed by atoms with van der Waals surface area (Å²) in [6.07, 6.45) is 0. The highest BCUT2D eigenvalue weighted by atomic mass is 16.5. The molecule has 49 heavy (non-hydrogen) atoms. The van der Waals surface area contributed by atoms with Gasteiger partial charge in [-0.1, -0.05) is 152 Å². The Balaban J connectivity index is 1.16. The van der Waals surface area contributed by atoms with E-state index in [2.05, 4.69) is 182 Å². The van der Waals surface area contributed by atoms with E-state index >= 15 is 0 Å². The molecule has 0 unspecified atom stereocenters. The third-order valence-corrected chi connectivity index (χ3v) is 10.2. The minimum atomic E-state index is -0.534. The van der Waals surface area contributed by atoms with Crippen molar-refractivity contribution in [3.05, 3.63) is 204 Å². The molecule has 0 N–H and O–H groups in total. The maximum Gasteiger partial charge on any atom is 0.136 e. The summed E-state index contributed by atoms with van der Waals surface area (Å²) >= 11 is 0. The molecule has 0 bridgehead atoms. The Morgan fingerprint density at radius 3 is 1.88 bits per heavy atom. The van der Waals surface area contributed by atoms with Crippen molar-refractivity contribution < 1.29 is 9.15 Å². The van der Waals surface area contributed by atoms with Crippen LogP contribution in [0, 0.1) is 0 Å². The van der Waals surface area contributed by atoms with Gasteiger partial charge in [0.1, 0.15) is 22.7 Å². The van der Waals surface area contributed by atoms with Crippen LogP contribution in [-0.4, -0.2) is 0 Å². The largest absolute Gasteiger partial charge is 0.457 e. The minimum Gasteiger partial charge on any atom is -0.457 e. The lowest BCUT2D eigenvalue weighted by Gasteiger charge is -2.41. The van der Waals surface area contributed by atoms with Crippen molar-refractivity contribution in [3.63, 3.8) is 0 Å². The highest BCUT2D eigenvalue weighted by Crippen LogP contribution is 2.55. The molecule has 0 spiro atoms. The SMILES string of the molecule is c1ccc(C2(c3ccccc3)c3ccccc3Oc3cc(-c4cccc(-c5cccc6oc7ccc8ccccc8c7c56)c4)ccc32)cc1. The van der Waals surface area contributed by atoms with E-state index < -0.39 is 5.41 Å². The third-order valence-electron chi connectivity index (χ3n) is 10.2. The van der Waals surface area contributed by atoms with Crippen molar-refractivity contribution in [2.75, 3.05) is 0 Å². The quantitative estimate of drug-likeness (QED) is 0.194. The highest BCUT2D eigenvalue weighted by Gasteiger charge is 2.45. The van der Waals surface area contributed by atoms with Crippen LogP contribution >= 0.6 is 0 Å². The van der Waals surface area contributed by atoms with Gasteiger partial charge in [-0.15, -0.1) is 0 Å². The monoisotopic (exact) mass is 626 g/mol. The molecule has 2 heterocycles. The van der Waals surface area contributed by atoms with Crippen molar-refractivity contribution in [2.24, 2.45) is 0 Å². The standard InChI is InChI=1S/C47H30O2/c1-3-16-35(17-4-1)47(36-18-5-2-6-19-36)39-22-9-10-23-41(39)48-44-30-33(25-27-40(44)47)32-14-11-15-34(29-32)38-21-12-24-42-46(38)45-37-20-8-7-13-31(37)26-28-43(45)49-42/h1-30H. The van der Waals surface area contributed by atoms with E-state index in [9.17, 15) is 0 Å². The average molecular weight is 627 g/mol. The fourth-order valence-corrected chi connectivity index (χ4v) is 8.08. The molecule has 8 aromatic carbocycles. The van der Waals surface area contributed by atoms with Crippen molar-refractivity contribution in [2.45, 2.75) is 5.41 Å². The van der Waals surface area contributed by atoms with Crippen LogP contribution in [0.4, 0.5) is 0 Å². The zero-order valence-corrected chi connectivity index (χ0v) is 26.6. The van der Waals surface area contributed by atoms with Crippen LogP contribution in [0.3, 0.4) is 0 Å². The lowest BCUT2D eigenvalue weighted by molar-refractivity contribution is 0.435. The van der Waals surface area contributed by atoms with Crippen molar-refractivity contribution in [3.8, 4) is 33.8 Å². The van der Waals surface area contributed by atoms with Crippen LogP contribution in [0.25, 0.3) is 55.0 Å². The second-order valence-electron chi connectivity index (χ2n) is 12.8. The first-order valence-electron chi connectivity index (χ1n) is 16.8. The van der Waals surface area contributed by atoms with Gasteiger partial charge in [0.25, 0.3) is 0 Å². The van der Waals surface area contributed by atoms with Gasteiger partial charge in [-0.05, 0) is 74.5 Å². The number of ether oxygens (including phenoxy) is 1. The first-order valence-corrected chi connectivity index (χ1v) is 16.8. The van der Waals surface area contributed by atoms with E-state index in [4.69, 9.17) is 9.15 Å². The van der Waals surface area contributed by atoms with E-state index in [0.717, 1.165) is 66.8 Å². The average Bonchev–Trinajstić information content (AvgIpc) is 3.57. The lowest BCUT2D eigenvalue weighted by atomic mass is 9.63. The molecule has 0 saturated carbocycles. The molecule has 2 nitrogen and oxygen atoms in total. The number of hydrogen-bond donors (Lipinski definition) is 0. The predicted octanol–water partition coefficient (Wildman–Crippen LogP) is 12.6. The van der Waals surface area contributed by atoms with Gasteiger partial charge in [-0.3, -0.25) is 0 Å². The van der Waals surface area contributed by atoms with Crippen LogP contribution in [0.5, 0.6) is 11.5 Å². The normalized spacial score (nSPS) is 13.2. The van der Waals surface area contributed by atoms with Crippen LogP contribution in [0.1, 0.15) is 22.3 Å². The van der Waals surface area contributed by atoms with Crippen molar-refractivity contribution in [1.82, 2.24) is 0 Å². The summed E-state index contributed by atoms with van der Waals surface area (Å²) in [6, 6.07) is 64.8. The Kier molecular flexibility index (Phi) is 6.13. The van der Waals surface area contributed by atoms with Gasteiger partial charge >= 0.3 is 0 Å². The highest BCUT2D eigenvalue weighted by molar-refractivity contribution is 6.22. The van der Waals surface area contributed by atoms with Gasteiger partial charge < -0.3 is 9.15 Å². The maximum absolute atomic E-state index is 6.78. The van der Waals surface area contributed by atoms with Crippen molar-refractivity contribution >= 4 is 32.7 Å². The number of hydrogen-bond acceptors (Lipinski definition) is 2. The van der Waals surface area contributed by atoms with E-state index in [0.29, 0.717) is 0 Å². The Labute approximate surface area is 284 Å². The van der Waals surface area contributed by atoms with Gasteiger partial charge in [0.2, 0.25) is 0 Å². The van der Waals surface area contributed by atoms with Gasteiger partial charge in [-0.2, -0.15) is 0 Å². The molecule has 0 amide bonds. The minimum absolute atomic E-state index is 0.534. The molecule has 1 aliphatic rings. The molecule has 9 aromatic rings. The topological polar surface area (TPSA) is 22.4 Å². The predicted molar refractivity (Wildman–Crippen MR) is 200 cm³/mol. The number of para-hydroxylation sites is 1. The van der Waals surface area contributed by atoms with Crippen LogP contribution < -0.4 is 4.74 Å². The summed E-state index contributed by atoms with van der Waals surface area (Å²) in [6.45, 7) is 0. The summed E-state index contributed by atoms with van der Waals surface area (Å²) in [5, 5.41) is 4.72. The Morgan fingerprint density at radius 2 is 1.04 bits per heavy atom. The Morgan fingerprint density at radius 1 is 0.388 bits per heavy atom. The lowest BCUT2D eigenvalue weighted by Crippen LogP contribution is -2.34. The fraction of sp³-hybridized carbons (Fsp3) is 0.0213. The molecule has 1 aliphatic heterocycles. The number of rotatable bonds is 4. The van der Waals surface area contributed by atoms with Gasteiger partial charge in [0.05, 0.1) is 5.41 Å². The van der Waals surface area contributed by atoms with E-state index in [1.54, 1.807) is 0 Å². The Hall–Kier alpha value is -6.38.